The summed E-state index contributed by atoms with van der Waals surface area (Å²) in [4.78, 5) is 16.6. The Balaban J connectivity index is 2.21. The first-order chi connectivity index (χ1) is 9.04. The van der Waals surface area contributed by atoms with E-state index in [-0.39, 0.29) is 11.9 Å². The molecule has 0 radical (unpaired) electrons. The first-order valence-corrected chi connectivity index (χ1v) is 7.94. The Morgan fingerprint density at radius 3 is 2.89 bits per heavy atom. The second-order valence-electron chi connectivity index (χ2n) is 5.37. The van der Waals surface area contributed by atoms with Crippen molar-refractivity contribution in [1.29, 1.82) is 0 Å². The third-order valence-electron chi connectivity index (χ3n) is 3.92. The van der Waals surface area contributed by atoms with Gasteiger partial charge in [-0.3, -0.25) is 4.79 Å². The van der Waals surface area contributed by atoms with Crippen LogP contribution >= 0.6 is 11.3 Å². The van der Waals surface area contributed by atoms with E-state index >= 15 is 0 Å². The van der Waals surface area contributed by atoms with Crippen molar-refractivity contribution in [3.63, 3.8) is 0 Å². The standard InChI is InChI=1S/C15H23NO2S/c1-4-13-10(2)9-14(19-13)15(18)16-8-6-5-7-12(16)11(3)17/h9,11-12,17H,4-8H2,1-3H3. The number of carbonyl (C=O) groups excluding carboxylic acids is 1. The molecule has 1 N–H and O–H groups in total. The molecule has 1 aliphatic rings. The molecule has 1 fully saturated rings. The fourth-order valence-electron chi connectivity index (χ4n) is 2.83. The number of hydrogen-bond donors (Lipinski definition) is 1. The van der Waals surface area contributed by atoms with Crippen molar-refractivity contribution in [3.05, 3.63) is 21.4 Å². The maximum Gasteiger partial charge on any atom is 0.264 e. The lowest BCUT2D eigenvalue weighted by Gasteiger charge is -2.37. The van der Waals surface area contributed by atoms with E-state index in [1.807, 2.05) is 11.0 Å². The summed E-state index contributed by atoms with van der Waals surface area (Å²) < 4.78 is 0. The Labute approximate surface area is 119 Å². The van der Waals surface area contributed by atoms with E-state index in [1.165, 1.54) is 10.4 Å². The van der Waals surface area contributed by atoms with Gasteiger partial charge in [-0.2, -0.15) is 0 Å². The van der Waals surface area contributed by atoms with Crippen molar-refractivity contribution in [2.45, 2.75) is 58.6 Å². The molecule has 1 amide bonds. The van der Waals surface area contributed by atoms with Crippen molar-refractivity contribution in [2.75, 3.05) is 6.54 Å². The van der Waals surface area contributed by atoms with Crippen LogP contribution in [0.5, 0.6) is 0 Å². The number of amides is 1. The first kappa shape index (κ1) is 14.5. The SMILES string of the molecule is CCc1sc(C(=O)N2CCCCC2C(C)O)cc1C. The molecule has 4 heteroatoms. The number of hydrogen-bond acceptors (Lipinski definition) is 3. The number of thiophene rings is 1. The zero-order valence-corrected chi connectivity index (χ0v) is 12.8. The van der Waals surface area contributed by atoms with Gasteiger partial charge in [0.2, 0.25) is 0 Å². The quantitative estimate of drug-likeness (QED) is 0.925. The van der Waals surface area contributed by atoms with Crippen LogP contribution in [0, 0.1) is 6.92 Å². The van der Waals surface area contributed by atoms with Crippen molar-refractivity contribution in [1.82, 2.24) is 4.90 Å². The number of carbonyl (C=O) groups is 1. The van der Waals surface area contributed by atoms with E-state index in [4.69, 9.17) is 0 Å². The van der Waals surface area contributed by atoms with Gasteiger partial charge in [0.15, 0.2) is 0 Å². The summed E-state index contributed by atoms with van der Waals surface area (Å²) in [5.74, 6) is 0.0957. The maximum atomic E-state index is 12.6. The molecule has 2 heterocycles. The number of aryl methyl sites for hydroxylation is 2. The Bertz CT molecular complexity index is 453. The van der Waals surface area contributed by atoms with Gasteiger partial charge in [-0.15, -0.1) is 11.3 Å². The summed E-state index contributed by atoms with van der Waals surface area (Å²) in [6.45, 7) is 6.74. The Hall–Kier alpha value is -0.870. The van der Waals surface area contributed by atoms with E-state index in [1.54, 1.807) is 18.3 Å². The maximum absolute atomic E-state index is 12.6. The van der Waals surface area contributed by atoms with Crippen molar-refractivity contribution in [2.24, 2.45) is 0 Å². The number of rotatable bonds is 3. The molecule has 2 atom stereocenters. The van der Waals surface area contributed by atoms with Crippen LogP contribution in [-0.4, -0.2) is 34.6 Å². The van der Waals surface area contributed by atoms with Gasteiger partial charge in [-0.1, -0.05) is 6.92 Å². The van der Waals surface area contributed by atoms with E-state index in [0.717, 1.165) is 37.1 Å². The zero-order valence-electron chi connectivity index (χ0n) is 12.0. The minimum absolute atomic E-state index is 0.0197. The summed E-state index contributed by atoms with van der Waals surface area (Å²) in [6, 6.07) is 1.98. The molecular weight excluding hydrogens is 258 g/mol. The van der Waals surface area contributed by atoms with Gasteiger partial charge in [-0.25, -0.2) is 0 Å². The van der Waals surface area contributed by atoms with Gasteiger partial charge < -0.3 is 10.0 Å². The monoisotopic (exact) mass is 281 g/mol. The van der Waals surface area contributed by atoms with Crippen LogP contribution in [-0.2, 0) is 6.42 Å². The molecule has 0 bridgehead atoms. The Kier molecular flexibility index (Phi) is 4.63. The summed E-state index contributed by atoms with van der Waals surface area (Å²) >= 11 is 1.60. The highest BCUT2D eigenvalue weighted by molar-refractivity contribution is 7.14. The fourth-order valence-corrected chi connectivity index (χ4v) is 3.90. The van der Waals surface area contributed by atoms with Crippen LogP contribution in [0.3, 0.4) is 0 Å². The van der Waals surface area contributed by atoms with Crippen LogP contribution < -0.4 is 0 Å². The number of aliphatic hydroxyl groups is 1. The van der Waals surface area contributed by atoms with E-state index in [2.05, 4.69) is 13.8 Å². The van der Waals surface area contributed by atoms with Gasteiger partial charge >= 0.3 is 0 Å². The van der Waals surface area contributed by atoms with Gasteiger partial charge in [0.25, 0.3) is 5.91 Å². The third-order valence-corrected chi connectivity index (χ3v) is 5.29. The lowest BCUT2D eigenvalue weighted by molar-refractivity contribution is 0.0284. The molecule has 2 rings (SSSR count). The molecule has 1 aromatic rings. The molecule has 0 saturated carbocycles. The summed E-state index contributed by atoms with van der Waals surface area (Å²) in [7, 11) is 0. The topological polar surface area (TPSA) is 40.5 Å². The number of nitrogens with zero attached hydrogens (tertiary/aromatic N) is 1. The molecule has 1 aromatic heterocycles. The van der Waals surface area contributed by atoms with Crippen LogP contribution in [0.1, 0.15) is 53.2 Å². The summed E-state index contributed by atoms with van der Waals surface area (Å²) in [5, 5.41) is 9.86. The minimum atomic E-state index is -0.448. The lowest BCUT2D eigenvalue weighted by atomic mass is 9.98. The van der Waals surface area contributed by atoms with Crippen LogP contribution in [0.25, 0.3) is 0 Å². The van der Waals surface area contributed by atoms with E-state index in [0.29, 0.717) is 0 Å². The lowest BCUT2D eigenvalue weighted by Crippen LogP contribution is -2.48. The number of likely N-dealkylation sites (tertiary alicyclic amines) is 1. The highest BCUT2D eigenvalue weighted by Gasteiger charge is 2.31. The highest BCUT2D eigenvalue weighted by Crippen LogP contribution is 2.27. The van der Waals surface area contributed by atoms with Crippen LogP contribution in [0.4, 0.5) is 0 Å². The van der Waals surface area contributed by atoms with Crippen LogP contribution in [0.15, 0.2) is 6.07 Å². The van der Waals surface area contributed by atoms with Gasteiger partial charge in [0, 0.05) is 11.4 Å². The molecule has 0 aromatic carbocycles. The van der Waals surface area contributed by atoms with Crippen molar-refractivity contribution < 1.29 is 9.90 Å². The summed E-state index contributed by atoms with van der Waals surface area (Å²) in [6.07, 6.45) is 3.58. The van der Waals surface area contributed by atoms with Crippen LogP contribution in [0.2, 0.25) is 0 Å². The molecule has 0 aliphatic carbocycles. The zero-order chi connectivity index (χ0) is 14.0. The molecule has 19 heavy (non-hydrogen) atoms. The Morgan fingerprint density at radius 1 is 1.58 bits per heavy atom. The Morgan fingerprint density at radius 2 is 2.32 bits per heavy atom. The molecule has 106 valence electrons. The molecule has 1 saturated heterocycles. The number of piperidine rings is 1. The predicted molar refractivity (Wildman–Crippen MR) is 78.8 cm³/mol. The average Bonchev–Trinajstić information content (AvgIpc) is 2.79. The van der Waals surface area contributed by atoms with Gasteiger partial charge in [0.1, 0.15) is 0 Å². The predicted octanol–water partition coefficient (Wildman–Crippen LogP) is 2.99. The van der Waals surface area contributed by atoms with E-state index in [9.17, 15) is 9.90 Å². The molecule has 0 spiro atoms. The smallest absolute Gasteiger partial charge is 0.264 e. The third kappa shape index (κ3) is 3.00. The molecular formula is C15H23NO2S. The molecule has 3 nitrogen and oxygen atoms in total. The second-order valence-corrected chi connectivity index (χ2v) is 6.51. The molecule has 1 aliphatic heterocycles. The van der Waals surface area contributed by atoms with Crippen molar-refractivity contribution >= 4 is 17.2 Å². The fraction of sp³-hybridized carbons (Fsp3) is 0.667. The second kappa shape index (κ2) is 6.06. The number of aliphatic hydroxyl groups excluding tert-OH is 1. The first-order valence-electron chi connectivity index (χ1n) is 7.13. The van der Waals surface area contributed by atoms with E-state index < -0.39 is 6.10 Å². The highest BCUT2D eigenvalue weighted by atomic mass is 32.1. The molecule has 2 unspecified atom stereocenters. The average molecular weight is 281 g/mol. The van der Waals surface area contributed by atoms with Gasteiger partial charge in [0.05, 0.1) is 17.0 Å². The van der Waals surface area contributed by atoms with Crippen molar-refractivity contribution in [3.8, 4) is 0 Å². The normalized spacial score (nSPS) is 21.5. The minimum Gasteiger partial charge on any atom is -0.391 e. The summed E-state index contributed by atoms with van der Waals surface area (Å²) in [5.41, 5.74) is 1.21. The largest absolute Gasteiger partial charge is 0.391 e. The van der Waals surface area contributed by atoms with Gasteiger partial charge in [-0.05, 0) is 51.2 Å².